The molecule has 7 nitrogen and oxygen atoms in total. The second-order valence-electron chi connectivity index (χ2n) is 7.04. The van der Waals surface area contributed by atoms with Crippen LogP contribution in [0.3, 0.4) is 0 Å². The summed E-state index contributed by atoms with van der Waals surface area (Å²) in [5.41, 5.74) is 1.39. The number of carbonyl (C=O) groups is 2. The molecule has 0 aromatic heterocycles. The van der Waals surface area contributed by atoms with Crippen LogP contribution >= 0.6 is 0 Å². The zero-order valence-electron chi connectivity index (χ0n) is 16.1. The smallest absolute Gasteiger partial charge is 0.409 e. The summed E-state index contributed by atoms with van der Waals surface area (Å²) < 4.78 is 5.48. The summed E-state index contributed by atoms with van der Waals surface area (Å²) in [6.45, 7) is 7.02. The van der Waals surface area contributed by atoms with Crippen molar-refractivity contribution in [1.29, 1.82) is 0 Å². The number of piperazine rings is 1. The third kappa shape index (κ3) is 7.19. The molecule has 2 aliphatic rings. The summed E-state index contributed by atoms with van der Waals surface area (Å²) in [4.78, 5) is 27.1. The lowest BCUT2D eigenvalue weighted by Gasteiger charge is -2.33. The van der Waals surface area contributed by atoms with Gasteiger partial charge in [-0.15, -0.1) is 0 Å². The molecule has 3 rings (SSSR count). The van der Waals surface area contributed by atoms with Crippen molar-refractivity contribution in [2.45, 2.75) is 18.8 Å². The predicted octanol–water partition coefficient (Wildman–Crippen LogP) is 1.95. The van der Waals surface area contributed by atoms with Gasteiger partial charge in [0.2, 0.25) is 0 Å². The van der Waals surface area contributed by atoms with E-state index >= 15 is 0 Å². The maximum Gasteiger partial charge on any atom is 0.409 e. The quantitative estimate of drug-likeness (QED) is 0.809. The number of likely N-dealkylation sites (N-methyl/N-ethyl adjacent to an activating group) is 1. The summed E-state index contributed by atoms with van der Waals surface area (Å²) in [5, 5.41) is 6.89. The molecule has 0 radical (unpaired) electrons. The normalized spacial score (nSPS) is 19.1. The molecule has 1 aromatic carbocycles. The topological polar surface area (TPSA) is 73.3 Å². The van der Waals surface area contributed by atoms with Gasteiger partial charge in [-0.3, -0.25) is 9.69 Å². The van der Waals surface area contributed by atoms with Crippen molar-refractivity contribution in [2.24, 2.45) is 0 Å². The van der Waals surface area contributed by atoms with E-state index in [0.29, 0.717) is 12.5 Å². The van der Waals surface area contributed by atoms with E-state index in [-0.39, 0.29) is 12.6 Å². The monoisotopic (exact) mass is 377 g/mol. The van der Waals surface area contributed by atoms with Crippen LogP contribution in [0, 0.1) is 0 Å². The number of carbonyl (C=O) groups excluding carboxylic acids is 1. The van der Waals surface area contributed by atoms with Crippen molar-refractivity contribution in [3.8, 4) is 0 Å². The molecule has 0 aliphatic carbocycles. The molecular weight excluding hydrogens is 346 g/mol. The molecule has 0 bridgehead atoms. The van der Waals surface area contributed by atoms with Gasteiger partial charge in [0.25, 0.3) is 6.47 Å². The molecular formula is C20H31N3O4. The van der Waals surface area contributed by atoms with Gasteiger partial charge in [-0.2, -0.15) is 0 Å². The third-order valence-corrected chi connectivity index (χ3v) is 5.25. The molecule has 150 valence electrons. The molecule has 1 N–H and O–H groups in total. The van der Waals surface area contributed by atoms with E-state index in [1.807, 2.05) is 4.90 Å². The SMILES string of the molecule is CN1CCN(CCOC(=O)N2CCC(c3ccccc3)CC2)CC1.O=CO. The van der Waals surface area contributed by atoms with Crippen LogP contribution in [-0.2, 0) is 9.53 Å². The van der Waals surface area contributed by atoms with E-state index in [4.69, 9.17) is 14.6 Å². The molecule has 2 aliphatic heterocycles. The Bertz CT molecular complexity index is 554. The van der Waals surface area contributed by atoms with Crippen LogP contribution in [0.2, 0.25) is 0 Å². The first kappa shape index (κ1) is 21.2. The van der Waals surface area contributed by atoms with Crippen molar-refractivity contribution < 1.29 is 19.4 Å². The predicted molar refractivity (Wildman–Crippen MR) is 104 cm³/mol. The highest BCUT2D eigenvalue weighted by molar-refractivity contribution is 5.67. The first-order chi connectivity index (χ1) is 13.1. The number of carboxylic acid groups (broad SMARTS) is 1. The lowest BCUT2D eigenvalue weighted by Crippen LogP contribution is -2.46. The van der Waals surface area contributed by atoms with E-state index in [1.54, 1.807) is 0 Å². The Kier molecular flexibility index (Phi) is 9.07. The largest absolute Gasteiger partial charge is 0.483 e. The van der Waals surface area contributed by atoms with Crippen molar-refractivity contribution >= 4 is 12.6 Å². The average molecular weight is 377 g/mol. The van der Waals surface area contributed by atoms with Gasteiger partial charge in [0.15, 0.2) is 0 Å². The number of hydrogen-bond acceptors (Lipinski definition) is 5. The highest BCUT2D eigenvalue weighted by Crippen LogP contribution is 2.27. The van der Waals surface area contributed by atoms with Crippen LogP contribution in [0.4, 0.5) is 4.79 Å². The number of rotatable bonds is 4. The van der Waals surface area contributed by atoms with E-state index in [9.17, 15) is 4.79 Å². The van der Waals surface area contributed by atoms with Gasteiger partial charge in [0, 0.05) is 45.8 Å². The molecule has 1 aromatic rings. The summed E-state index contributed by atoms with van der Waals surface area (Å²) in [6.07, 6.45) is 1.91. The second kappa shape index (κ2) is 11.6. The zero-order chi connectivity index (χ0) is 19.5. The van der Waals surface area contributed by atoms with Crippen LogP contribution in [0.5, 0.6) is 0 Å². The van der Waals surface area contributed by atoms with Crippen molar-refractivity contribution in [2.75, 3.05) is 59.5 Å². The van der Waals surface area contributed by atoms with Gasteiger partial charge >= 0.3 is 6.09 Å². The first-order valence-corrected chi connectivity index (χ1v) is 9.59. The second-order valence-corrected chi connectivity index (χ2v) is 7.04. The number of hydrogen-bond donors (Lipinski definition) is 1. The van der Waals surface area contributed by atoms with Crippen LogP contribution in [0.25, 0.3) is 0 Å². The van der Waals surface area contributed by atoms with E-state index in [0.717, 1.165) is 58.7 Å². The Hall–Kier alpha value is -2.12. The molecule has 7 heteroatoms. The Morgan fingerprint density at radius 3 is 2.30 bits per heavy atom. The summed E-state index contributed by atoms with van der Waals surface area (Å²) >= 11 is 0. The molecule has 0 atom stereocenters. The summed E-state index contributed by atoms with van der Waals surface area (Å²) in [5.74, 6) is 0.570. The minimum Gasteiger partial charge on any atom is -0.483 e. The van der Waals surface area contributed by atoms with E-state index < -0.39 is 0 Å². The Labute approximate surface area is 161 Å². The molecule has 0 spiro atoms. The molecule has 2 saturated heterocycles. The standard InChI is InChI=1S/C19H29N3O2.CH2O2/c1-20-11-13-21(14-12-20)15-16-24-19(23)22-9-7-18(8-10-22)17-5-3-2-4-6-17;2-1-3/h2-6,18H,7-16H2,1H3;1H,(H,2,3). The van der Waals surface area contributed by atoms with Crippen LogP contribution in [0.15, 0.2) is 30.3 Å². The number of amides is 1. The van der Waals surface area contributed by atoms with Gasteiger partial charge in [-0.25, -0.2) is 4.79 Å². The number of benzene rings is 1. The van der Waals surface area contributed by atoms with Crippen LogP contribution < -0.4 is 0 Å². The summed E-state index contributed by atoms with van der Waals surface area (Å²) in [6, 6.07) is 10.6. The van der Waals surface area contributed by atoms with Gasteiger partial charge in [-0.05, 0) is 31.4 Å². The maximum absolute atomic E-state index is 12.2. The maximum atomic E-state index is 12.2. The number of nitrogens with zero attached hydrogens (tertiary/aromatic N) is 3. The Morgan fingerprint density at radius 2 is 1.70 bits per heavy atom. The third-order valence-electron chi connectivity index (χ3n) is 5.25. The van der Waals surface area contributed by atoms with Gasteiger partial charge < -0.3 is 19.6 Å². The molecule has 27 heavy (non-hydrogen) atoms. The van der Waals surface area contributed by atoms with Crippen molar-refractivity contribution in [3.63, 3.8) is 0 Å². The fourth-order valence-corrected chi connectivity index (χ4v) is 3.55. The minimum atomic E-state index is -0.250. The van der Waals surface area contributed by atoms with Gasteiger partial charge in [0.05, 0.1) is 0 Å². The number of likely N-dealkylation sites (tertiary alicyclic amines) is 1. The van der Waals surface area contributed by atoms with E-state index in [1.165, 1.54) is 5.56 Å². The van der Waals surface area contributed by atoms with Crippen molar-refractivity contribution in [3.05, 3.63) is 35.9 Å². The lowest BCUT2D eigenvalue weighted by molar-refractivity contribution is -0.122. The first-order valence-electron chi connectivity index (χ1n) is 9.59. The van der Waals surface area contributed by atoms with Crippen molar-refractivity contribution in [1.82, 2.24) is 14.7 Å². The fraction of sp³-hybridized carbons (Fsp3) is 0.600. The van der Waals surface area contributed by atoms with Gasteiger partial charge in [-0.1, -0.05) is 30.3 Å². The summed E-state index contributed by atoms with van der Waals surface area (Å²) in [7, 11) is 2.15. The number of ether oxygens (including phenoxy) is 1. The Balaban J connectivity index is 0.000000817. The zero-order valence-corrected chi connectivity index (χ0v) is 16.1. The average Bonchev–Trinajstić information content (AvgIpc) is 2.71. The van der Waals surface area contributed by atoms with Gasteiger partial charge in [0.1, 0.15) is 6.61 Å². The van der Waals surface area contributed by atoms with Crippen LogP contribution in [0.1, 0.15) is 24.3 Å². The molecule has 2 fully saturated rings. The Morgan fingerprint density at radius 1 is 1.11 bits per heavy atom. The minimum absolute atomic E-state index is 0.143. The highest BCUT2D eigenvalue weighted by atomic mass is 16.6. The fourth-order valence-electron chi connectivity index (χ4n) is 3.55. The molecule has 1 amide bonds. The number of piperidine rings is 1. The van der Waals surface area contributed by atoms with Crippen LogP contribution in [-0.4, -0.2) is 91.8 Å². The molecule has 0 unspecified atom stereocenters. The highest BCUT2D eigenvalue weighted by Gasteiger charge is 2.24. The van der Waals surface area contributed by atoms with E-state index in [2.05, 4.69) is 47.2 Å². The molecule has 0 saturated carbocycles. The lowest BCUT2D eigenvalue weighted by atomic mass is 9.90. The molecule has 2 heterocycles.